The monoisotopic (exact) mass is 407 g/mol. The number of rotatable bonds is 7. The Morgan fingerprint density at radius 3 is 2.79 bits per heavy atom. The molecule has 2 unspecified atom stereocenters. The molecule has 1 fully saturated rings. The molecule has 12 nitrogen and oxygen atoms in total. The summed E-state index contributed by atoms with van der Waals surface area (Å²) >= 11 is 0. The van der Waals surface area contributed by atoms with Crippen LogP contribution in [-0.4, -0.2) is 72.2 Å². The molecule has 1 aliphatic rings. The van der Waals surface area contributed by atoms with Crippen LogP contribution in [0.3, 0.4) is 0 Å². The van der Waals surface area contributed by atoms with Crippen molar-refractivity contribution in [3.8, 4) is 0 Å². The summed E-state index contributed by atoms with van der Waals surface area (Å²) in [5, 5.41) is 31.7. The molecule has 1 saturated heterocycles. The molecular formula is C17H21N5O7. The van der Waals surface area contributed by atoms with Gasteiger partial charge in [0.1, 0.15) is 18.3 Å². The zero-order chi connectivity index (χ0) is 21.0. The number of carbonyl (C=O) groups is 1. The minimum Gasteiger partial charge on any atom is -0.394 e. The molecule has 156 valence electrons. The quantitative estimate of drug-likeness (QED) is 0.267. The molecule has 3 heterocycles. The smallest absolute Gasteiger partial charge is 0.330 e. The number of hydrogen-bond acceptors (Lipinski definition) is 8. The van der Waals surface area contributed by atoms with Gasteiger partial charge < -0.3 is 30.4 Å². The number of aromatic nitrogens is 4. The number of aliphatic hydroxyl groups is 3. The van der Waals surface area contributed by atoms with Gasteiger partial charge in [0.05, 0.1) is 18.5 Å². The molecule has 12 heteroatoms. The van der Waals surface area contributed by atoms with E-state index in [9.17, 15) is 24.6 Å². The SMILES string of the molecule is O=C(/C=C/c1cn([C@@H]2O[C@H](CO)C(O)C2O)c(=O)[nH]c1=O)NCCc1cnc[nH]1. The van der Waals surface area contributed by atoms with Crippen LogP contribution >= 0.6 is 0 Å². The molecule has 3 rings (SSSR count). The second-order valence-electron chi connectivity index (χ2n) is 6.43. The first-order chi connectivity index (χ1) is 13.9. The molecule has 2 aromatic heterocycles. The van der Waals surface area contributed by atoms with Crippen LogP contribution in [0, 0.1) is 0 Å². The van der Waals surface area contributed by atoms with Gasteiger partial charge in [-0.05, 0) is 6.08 Å². The lowest BCUT2D eigenvalue weighted by molar-refractivity contribution is -0.116. The minimum absolute atomic E-state index is 0.0361. The lowest BCUT2D eigenvalue weighted by Crippen LogP contribution is -2.38. The molecule has 1 amide bonds. The third kappa shape index (κ3) is 4.68. The van der Waals surface area contributed by atoms with Crippen molar-refractivity contribution < 1.29 is 24.9 Å². The minimum atomic E-state index is -1.49. The van der Waals surface area contributed by atoms with Gasteiger partial charge in [-0.15, -0.1) is 0 Å². The lowest BCUT2D eigenvalue weighted by atomic mass is 10.1. The number of aliphatic hydroxyl groups excluding tert-OH is 3. The number of nitrogens with zero attached hydrogens (tertiary/aromatic N) is 2. The number of H-pyrrole nitrogens is 2. The third-order valence-corrected chi connectivity index (χ3v) is 4.45. The number of amides is 1. The first-order valence-electron chi connectivity index (χ1n) is 8.81. The molecule has 6 N–H and O–H groups in total. The van der Waals surface area contributed by atoms with Gasteiger partial charge in [-0.25, -0.2) is 9.78 Å². The van der Waals surface area contributed by atoms with Gasteiger partial charge in [0.2, 0.25) is 5.91 Å². The summed E-state index contributed by atoms with van der Waals surface area (Å²) in [4.78, 5) is 44.8. The number of imidazole rings is 1. The zero-order valence-corrected chi connectivity index (χ0v) is 15.2. The molecule has 0 aromatic carbocycles. The molecule has 4 atom stereocenters. The summed E-state index contributed by atoms with van der Waals surface area (Å²) in [5.74, 6) is -0.449. The molecule has 2 aromatic rings. The van der Waals surface area contributed by atoms with Gasteiger partial charge >= 0.3 is 5.69 Å². The van der Waals surface area contributed by atoms with Gasteiger partial charge in [-0.2, -0.15) is 0 Å². The van der Waals surface area contributed by atoms with Gasteiger partial charge in [0, 0.05) is 37.1 Å². The molecule has 29 heavy (non-hydrogen) atoms. The lowest BCUT2D eigenvalue weighted by Gasteiger charge is -2.17. The van der Waals surface area contributed by atoms with E-state index in [0.717, 1.165) is 22.5 Å². The number of aromatic amines is 2. The Kier molecular flexibility index (Phi) is 6.39. The largest absolute Gasteiger partial charge is 0.394 e. The highest BCUT2D eigenvalue weighted by Gasteiger charge is 2.43. The number of hydrogen-bond donors (Lipinski definition) is 6. The summed E-state index contributed by atoms with van der Waals surface area (Å²) in [6.45, 7) is -0.206. The third-order valence-electron chi connectivity index (χ3n) is 4.45. The van der Waals surface area contributed by atoms with Gasteiger partial charge in [0.15, 0.2) is 6.23 Å². The van der Waals surface area contributed by atoms with E-state index in [1.807, 2.05) is 0 Å². The Hall–Kier alpha value is -3.06. The van der Waals surface area contributed by atoms with Crippen molar-refractivity contribution in [3.63, 3.8) is 0 Å². The maximum Gasteiger partial charge on any atom is 0.330 e. The van der Waals surface area contributed by atoms with Crippen molar-refractivity contribution >= 4 is 12.0 Å². The Bertz CT molecular complexity index is 981. The van der Waals surface area contributed by atoms with E-state index in [4.69, 9.17) is 9.84 Å². The first kappa shape index (κ1) is 20.7. The van der Waals surface area contributed by atoms with E-state index >= 15 is 0 Å². The van der Waals surface area contributed by atoms with E-state index in [1.54, 1.807) is 6.20 Å². The Labute approximate surface area is 163 Å². The highest BCUT2D eigenvalue weighted by atomic mass is 16.6. The number of ether oxygens (including phenoxy) is 1. The van der Waals surface area contributed by atoms with E-state index in [-0.39, 0.29) is 5.56 Å². The van der Waals surface area contributed by atoms with Gasteiger partial charge in [-0.1, -0.05) is 0 Å². The van der Waals surface area contributed by atoms with Crippen LogP contribution < -0.4 is 16.6 Å². The topological polar surface area (TPSA) is 183 Å². The van der Waals surface area contributed by atoms with Crippen molar-refractivity contribution in [1.82, 2.24) is 24.8 Å². The van der Waals surface area contributed by atoms with Gasteiger partial charge in [-0.3, -0.25) is 19.1 Å². The number of nitrogens with one attached hydrogen (secondary N) is 3. The van der Waals surface area contributed by atoms with Crippen LogP contribution in [0.2, 0.25) is 0 Å². The molecule has 0 spiro atoms. The zero-order valence-electron chi connectivity index (χ0n) is 15.2. The summed E-state index contributed by atoms with van der Waals surface area (Å²) in [6.07, 6.45) is 1.91. The predicted molar refractivity (Wildman–Crippen MR) is 98.7 cm³/mol. The fourth-order valence-corrected chi connectivity index (χ4v) is 2.88. The molecule has 1 aliphatic heterocycles. The standard InChI is InChI=1S/C17H21N5O7/c23-7-11-13(25)14(26)16(29-11)22-6-9(15(27)21-17(22)28)1-2-12(24)19-4-3-10-5-18-8-20-10/h1-2,5-6,8,11,13-14,16,23,25-26H,3-4,7H2,(H,18,20)(H,19,24)(H,21,27,28)/b2-1+/t11-,13?,14?,16-/m1/s1. The van der Waals surface area contributed by atoms with E-state index < -0.39 is 48.3 Å². The van der Waals surface area contributed by atoms with Crippen molar-refractivity contribution in [2.24, 2.45) is 0 Å². The van der Waals surface area contributed by atoms with Crippen LogP contribution in [-0.2, 0) is 16.0 Å². The predicted octanol–water partition coefficient (Wildman–Crippen LogP) is -2.76. The Morgan fingerprint density at radius 1 is 1.34 bits per heavy atom. The maximum absolute atomic E-state index is 12.1. The molecule has 0 aliphatic carbocycles. The van der Waals surface area contributed by atoms with Crippen molar-refractivity contribution in [2.45, 2.75) is 31.0 Å². The summed E-state index contributed by atoms with van der Waals surface area (Å²) in [6, 6.07) is 0. The van der Waals surface area contributed by atoms with Crippen molar-refractivity contribution in [3.05, 3.63) is 56.9 Å². The van der Waals surface area contributed by atoms with E-state index in [0.29, 0.717) is 13.0 Å². The Balaban J connectivity index is 1.70. The van der Waals surface area contributed by atoms with Crippen LogP contribution in [0.25, 0.3) is 6.08 Å². The van der Waals surface area contributed by atoms with Crippen LogP contribution in [0.5, 0.6) is 0 Å². The van der Waals surface area contributed by atoms with Gasteiger partial charge in [0.25, 0.3) is 5.56 Å². The average molecular weight is 407 g/mol. The summed E-state index contributed by atoms with van der Waals surface area (Å²) in [7, 11) is 0. The Morgan fingerprint density at radius 2 is 2.14 bits per heavy atom. The first-order valence-corrected chi connectivity index (χ1v) is 8.81. The fraction of sp³-hybridized carbons (Fsp3) is 0.412. The second-order valence-corrected chi connectivity index (χ2v) is 6.43. The highest BCUT2D eigenvalue weighted by Crippen LogP contribution is 2.27. The highest BCUT2D eigenvalue weighted by molar-refractivity contribution is 5.91. The average Bonchev–Trinajstić information content (AvgIpc) is 3.30. The summed E-state index contributed by atoms with van der Waals surface area (Å²) < 4.78 is 6.18. The molecule has 0 radical (unpaired) electrons. The van der Waals surface area contributed by atoms with Crippen molar-refractivity contribution in [1.29, 1.82) is 0 Å². The van der Waals surface area contributed by atoms with Crippen LogP contribution in [0.4, 0.5) is 0 Å². The second kappa shape index (κ2) is 8.96. The fourth-order valence-electron chi connectivity index (χ4n) is 2.88. The van der Waals surface area contributed by atoms with E-state index in [1.165, 1.54) is 12.4 Å². The van der Waals surface area contributed by atoms with Crippen LogP contribution in [0.15, 0.2) is 34.4 Å². The van der Waals surface area contributed by atoms with Crippen molar-refractivity contribution in [2.75, 3.05) is 13.2 Å². The number of carbonyl (C=O) groups excluding carboxylic acids is 1. The molecular weight excluding hydrogens is 386 g/mol. The van der Waals surface area contributed by atoms with E-state index in [2.05, 4.69) is 20.3 Å². The molecule has 0 saturated carbocycles. The molecule has 0 bridgehead atoms. The maximum atomic E-state index is 12.1. The summed E-state index contributed by atoms with van der Waals surface area (Å²) in [5.41, 5.74) is -0.784. The normalized spacial score (nSPS) is 24.2. The van der Waals surface area contributed by atoms with Crippen LogP contribution in [0.1, 0.15) is 17.5 Å².